The molecule has 1 aliphatic carbocycles. The van der Waals surface area contributed by atoms with Gasteiger partial charge < -0.3 is 10.8 Å². The Morgan fingerprint density at radius 3 is 2.81 bits per heavy atom. The predicted octanol–water partition coefficient (Wildman–Crippen LogP) is 2.00. The summed E-state index contributed by atoms with van der Waals surface area (Å²) in [6.45, 7) is 4.42. The SMILES string of the molecule is CC(C)C1CC(O)(Cc2cccnc2N)C1. The van der Waals surface area contributed by atoms with Crippen molar-refractivity contribution in [2.24, 2.45) is 11.8 Å². The van der Waals surface area contributed by atoms with Crippen molar-refractivity contribution in [3.63, 3.8) is 0 Å². The minimum atomic E-state index is -0.550. The van der Waals surface area contributed by atoms with Crippen LogP contribution in [0, 0.1) is 11.8 Å². The van der Waals surface area contributed by atoms with Crippen LogP contribution in [0.5, 0.6) is 0 Å². The van der Waals surface area contributed by atoms with Crippen LogP contribution in [0.15, 0.2) is 18.3 Å². The summed E-state index contributed by atoms with van der Waals surface area (Å²) in [4.78, 5) is 4.04. The maximum Gasteiger partial charge on any atom is 0.126 e. The molecule has 0 radical (unpaired) electrons. The summed E-state index contributed by atoms with van der Waals surface area (Å²) in [5.74, 6) is 1.86. The van der Waals surface area contributed by atoms with E-state index in [1.807, 2.05) is 12.1 Å². The number of pyridine rings is 1. The number of hydrogen-bond acceptors (Lipinski definition) is 3. The molecule has 0 saturated heterocycles. The molecule has 1 aliphatic rings. The lowest BCUT2D eigenvalue weighted by Gasteiger charge is -2.46. The highest BCUT2D eigenvalue weighted by atomic mass is 16.3. The van der Waals surface area contributed by atoms with Crippen LogP contribution >= 0.6 is 0 Å². The van der Waals surface area contributed by atoms with E-state index in [0.29, 0.717) is 24.1 Å². The molecule has 3 heteroatoms. The van der Waals surface area contributed by atoms with Gasteiger partial charge in [-0.3, -0.25) is 0 Å². The zero-order chi connectivity index (χ0) is 11.8. The lowest BCUT2D eigenvalue weighted by atomic mass is 9.64. The highest BCUT2D eigenvalue weighted by molar-refractivity contribution is 5.39. The molecule has 88 valence electrons. The topological polar surface area (TPSA) is 59.1 Å². The van der Waals surface area contributed by atoms with Gasteiger partial charge in [0, 0.05) is 12.6 Å². The highest BCUT2D eigenvalue weighted by Gasteiger charge is 2.43. The first-order chi connectivity index (χ1) is 7.50. The molecule has 16 heavy (non-hydrogen) atoms. The van der Waals surface area contributed by atoms with Crippen molar-refractivity contribution in [1.82, 2.24) is 4.98 Å². The van der Waals surface area contributed by atoms with Crippen LogP contribution < -0.4 is 5.73 Å². The summed E-state index contributed by atoms with van der Waals surface area (Å²) in [5.41, 5.74) is 6.19. The quantitative estimate of drug-likeness (QED) is 0.819. The van der Waals surface area contributed by atoms with Gasteiger partial charge >= 0.3 is 0 Å². The van der Waals surface area contributed by atoms with Crippen molar-refractivity contribution < 1.29 is 5.11 Å². The molecule has 0 bridgehead atoms. The average molecular weight is 220 g/mol. The van der Waals surface area contributed by atoms with Crippen molar-refractivity contribution in [2.45, 2.75) is 38.7 Å². The third kappa shape index (κ3) is 2.19. The van der Waals surface area contributed by atoms with Gasteiger partial charge in [0.1, 0.15) is 5.82 Å². The second kappa shape index (κ2) is 4.06. The van der Waals surface area contributed by atoms with Gasteiger partial charge in [0.15, 0.2) is 0 Å². The van der Waals surface area contributed by atoms with Crippen LogP contribution in [0.3, 0.4) is 0 Å². The summed E-state index contributed by atoms with van der Waals surface area (Å²) in [5, 5.41) is 10.3. The molecule has 1 aromatic rings. The molecule has 0 spiro atoms. The molecule has 0 amide bonds. The molecule has 3 nitrogen and oxygen atoms in total. The van der Waals surface area contributed by atoms with Crippen molar-refractivity contribution in [3.05, 3.63) is 23.9 Å². The highest BCUT2D eigenvalue weighted by Crippen LogP contribution is 2.44. The van der Waals surface area contributed by atoms with Gasteiger partial charge in [-0.2, -0.15) is 0 Å². The second-order valence-corrected chi connectivity index (χ2v) is 5.36. The molecule has 3 N–H and O–H groups in total. The molecule has 0 unspecified atom stereocenters. The van der Waals surface area contributed by atoms with E-state index >= 15 is 0 Å². The van der Waals surface area contributed by atoms with Gasteiger partial charge in [0.25, 0.3) is 0 Å². The third-order valence-corrected chi connectivity index (χ3v) is 3.67. The summed E-state index contributed by atoms with van der Waals surface area (Å²) in [7, 11) is 0. The van der Waals surface area contributed by atoms with Gasteiger partial charge in [0.05, 0.1) is 5.60 Å². The number of nitrogens with two attached hydrogens (primary N) is 1. The number of nitrogen functional groups attached to an aromatic ring is 1. The van der Waals surface area contributed by atoms with Crippen LogP contribution in [0.4, 0.5) is 5.82 Å². The summed E-state index contributed by atoms with van der Waals surface area (Å²) >= 11 is 0. The fourth-order valence-corrected chi connectivity index (χ4v) is 2.49. The lowest BCUT2D eigenvalue weighted by Crippen LogP contribution is -2.47. The van der Waals surface area contributed by atoms with Gasteiger partial charge in [-0.25, -0.2) is 4.98 Å². The number of aromatic nitrogens is 1. The van der Waals surface area contributed by atoms with Gasteiger partial charge in [0.2, 0.25) is 0 Å². The van der Waals surface area contributed by atoms with Gasteiger partial charge in [-0.05, 0) is 36.3 Å². The number of rotatable bonds is 3. The van der Waals surface area contributed by atoms with E-state index in [1.165, 1.54) is 0 Å². The minimum Gasteiger partial charge on any atom is -0.390 e. The van der Waals surface area contributed by atoms with Crippen molar-refractivity contribution in [1.29, 1.82) is 0 Å². The van der Waals surface area contributed by atoms with E-state index in [-0.39, 0.29) is 0 Å². The Morgan fingerprint density at radius 1 is 1.56 bits per heavy atom. The van der Waals surface area contributed by atoms with Crippen molar-refractivity contribution in [2.75, 3.05) is 5.73 Å². The van der Waals surface area contributed by atoms with Crippen LogP contribution in [0.25, 0.3) is 0 Å². The molecule has 2 rings (SSSR count). The summed E-state index contributed by atoms with van der Waals surface area (Å²) in [6, 6.07) is 3.82. The Morgan fingerprint density at radius 2 is 2.25 bits per heavy atom. The predicted molar refractivity (Wildman–Crippen MR) is 64.9 cm³/mol. The van der Waals surface area contributed by atoms with E-state index in [1.54, 1.807) is 6.20 Å². The normalized spacial score (nSPS) is 29.1. The first-order valence-corrected chi connectivity index (χ1v) is 5.92. The Bertz CT molecular complexity index is 370. The monoisotopic (exact) mass is 220 g/mol. The summed E-state index contributed by atoms with van der Waals surface area (Å²) in [6.07, 6.45) is 4.09. The van der Waals surface area contributed by atoms with E-state index in [4.69, 9.17) is 5.73 Å². The largest absolute Gasteiger partial charge is 0.390 e. The fourth-order valence-electron chi connectivity index (χ4n) is 2.49. The molecule has 1 aromatic heterocycles. The fraction of sp³-hybridized carbons (Fsp3) is 0.615. The molecule has 0 atom stereocenters. The Kier molecular flexibility index (Phi) is 2.89. The Labute approximate surface area is 96.7 Å². The number of hydrogen-bond donors (Lipinski definition) is 2. The van der Waals surface area contributed by atoms with E-state index in [0.717, 1.165) is 18.4 Å². The maximum absolute atomic E-state index is 10.3. The molecular formula is C13H20N2O. The molecule has 0 aromatic carbocycles. The van der Waals surface area contributed by atoms with E-state index in [2.05, 4.69) is 18.8 Å². The summed E-state index contributed by atoms with van der Waals surface area (Å²) < 4.78 is 0. The molecule has 1 fully saturated rings. The Balaban J connectivity index is 1.99. The molecule has 1 saturated carbocycles. The van der Waals surface area contributed by atoms with Crippen molar-refractivity contribution in [3.8, 4) is 0 Å². The molecule has 0 aliphatic heterocycles. The van der Waals surface area contributed by atoms with Gasteiger partial charge in [-0.1, -0.05) is 19.9 Å². The van der Waals surface area contributed by atoms with Gasteiger partial charge in [-0.15, -0.1) is 0 Å². The number of anilines is 1. The van der Waals surface area contributed by atoms with Crippen LogP contribution in [0.2, 0.25) is 0 Å². The zero-order valence-electron chi connectivity index (χ0n) is 9.98. The minimum absolute atomic E-state index is 0.545. The third-order valence-electron chi connectivity index (χ3n) is 3.67. The average Bonchev–Trinajstić information content (AvgIpc) is 2.17. The van der Waals surface area contributed by atoms with E-state index < -0.39 is 5.60 Å². The van der Waals surface area contributed by atoms with Crippen molar-refractivity contribution >= 4 is 5.82 Å². The number of nitrogens with zero attached hydrogens (tertiary/aromatic N) is 1. The lowest BCUT2D eigenvalue weighted by molar-refractivity contribution is -0.0859. The molecular weight excluding hydrogens is 200 g/mol. The Hall–Kier alpha value is -1.09. The standard InChI is InChI=1S/C13H20N2O/c1-9(2)11-7-13(16,8-11)6-10-4-3-5-15-12(10)14/h3-5,9,11,16H,6-8H2,1-2H3,(H2,14,15). The number of aliphatic hydroxyl groups is 1. The zero-order valence-corrected chi connectivity index (χ0v) is 9.98. The van der Waals surface area contributed by atoms with Crippen LogP contribution in [-0.4, -0.2) is 15.7 Å². The maximum atomic E-state index is 10.3. The van der Waals surface area contributed by atoms with Crippen LogP contribution in [-0.2, 0) is 6.42 Å². The molecule has 1 heterocycles. The smallest absolute Gasteiger partial charge is 0.126 e. The van der Waals surface area contributed by atoms with Crippen LogP contribution in [0.1, 0.15) is 32.3 Å². The second-order valence-electron chi connectivity index (χ2n) is 5.36. The first-order valence-electron chi connectivity index (χ1n) is 5.92. The van der Waals surface area contributed by atoms with E-state index in [9.17, 15) is 5.11 Å². The first kappa shape index (κ1) is 11.4.